The molecule has 5 nitrogen and oxygen atoms in total. The highest BCUT2D eigenvalue weighted by molar-refractivity contribution is 7.15. The number of benzene rings is 1. The lowest BCUT2D eigenvalue weighted by atomic mass is 9.85. The van der Waals surface area contributed by atoms with Crippen molar-refractivity contribution in [3.05, 3.63) is 40.9 Å². The summed E-state index contributed by atoms with van der Waals surface area (Å²) in [4.78, 5) is 11.5. The molecule has 0 spiro atoms. The van der Waals surface area contributed by atoms with Crippen molar-refractivity contribution in [3.8, 4) is 0 Å². The Balaban J connectivity index is 2.22. The Kier molecular flexibility index (Phi) is 4.15. The van der Waals surface area contributed by atoms with E-state index in [-0.39, 0.29) is 11.3 Å². The second-order valence-electron chi connectivity index (χ2n) is 5.18. The smallest absolute Gasteiger partial charge is 0.242 e. The van der Waals surface area contributed by atoms with Crippen LogP contribution >= 0.6 is 11.3 Å². The highest BCUT2D eigenvalue weighted by Crippen LogP contribution is 2.34. The van der Waals surface area contributed by atoms with Crippen molar-refractivity contribution in [1.29, 1.82) is 0 Å². The zero-order valence-electron chi connectivity index (χ0n) is 11.8. The third-order valence-electron chi connectivity index (χ3n) is 3.10. The maximum absolute atomic E-state index is 11.5. The van der Waals surface area contributed by atoms with Crippen molar-refractivity contribution in [2.45, 2.75) is 32.2 Å². The molecule has 106 valence electrons. The Bertz CT molecular complexity index is 592. The molecule has 6 heteroatoms. The second kappa shape index (κ2) is 5.68. The van der Waals surface area contributed by atoms with E-state index in [9.17, 15) is 4.79 Å². The first-order valence-electron chi connectivity index (χ1n) is 6.37. The highest BCUT2D eigenvalue weighted by Gasteiger charge is 2.27. The number of nitrogens with two attached hydrogens (primary N) is 1. The van der Waals surface area contributed by atoms with E-state index in [1.54, 1.807) is 6.92 Å². The lowest BCUT2D eigenvalue weighted by Gasteiger charge is -2.21. The summed E-state index contributed by atoms with van der Waals surface area (Å²) in [5.41, 5.74) is 6.41. The van der Waals surface area contributed by atoms with Gasteiger partial charge in [-0.15, -0.1) is 10.2 Å². The number of carbonyl (C=O) groups excluding carboxylic acids is 1. The van der Waals surface area contributed by atoms with Crippen LogP contribution in [0.4, 0.5) is 5.13 Å². The number of rotatable bonds is 4. The molecule has 1 amide bonds. The summed E-state index contributed by atoms with van der Waals surface area (Å²) in [6, 6.07) is 9.52. The molecule has 3 N–H and O–H groups in total. The molecule has 2 rings (SSSR count). The third kappa shape index (κ3) is 3.02. The van der Waals surface area contributed by atoms with Crippen molar-refractivity contribution in [3.63, 3.8) is 0 Å². The van der Waals surface area contributed by atoms with Gasteiger partial charge in [-0.3, -0.25) is 10.1 Å². The van der Waals surface area contributed by atoms with Crippen LogP contribution in [-0.4, -0.2) is 22.1 Å². The van der Waals surface area contributed by atoms with Crippen LogP contribution in [0.15, 0.2) is 30.3 Å². The standard InChI is InChI=1S/C14H18N4OS/c1-9(15)11(19)16-13-18-17-12(20-13)14(2,3)10-7-5-4-6-8-10/h4-9H,15H2,1-3H3,(H,16,18,19)/t9-/m0/s1. The van der Waals surface area contributed by atoms with Gasteiger partial charge < -0.3 is 5.73 Å². The number of amides is 1. The van der Waals surface area contributed by atoms with E-state index < -0.39 is 6.04 Å². The summed E-state index contributed by atoms with van der Waals surface area (Å²) in [6.45, 7) is 5.80. The maximum atomic E-state index is 11.5. The predicted octanol–water partition coefficient (Wildman–Crippen LogP) is 2.15. The van der Waals surface area contributed by atoms with E-state index in [0.29, 0.717) is 5.13 Å². The molecule has 0 aliphatic carbocycles. The molecule has 0 aliphatic rings. The van der Waals surface area contributed by atoms with Crippen molar-refractivity contribution < 1.29 is 4.79 Å². The molecule has 1 atom stereocenters. The van der Waals surface area contributed by atoms with E-state index >= 15 is 0 Å². The molecule has 1 aromatic heterocycles. The largest absolute Gasteiger partial charge is 0.320 e. The number of hydrogen-bond donors (Lipinski definition) is 2. The maximum Gasteiger partial charge on any atom is 0.242 e. The SMILES string of the molecule is C[C@H](N)C(=O)Nc1nnc(C(C)(C)c2ccccc2)s1. The Morgan fingerprint density at radius 1 is 1.30 bits per heavy atom. The fourth-order valence-corrected chi connectivity index (χ4v) is 2.59. The van der Waals surface area contributed by atoms with Gasteiger partial charge in [-0.25, -0.2) is 0 Å². The number of carbonyl (C=O) groups is 1. The second-order valence-corrected chi connectivity index (χ2v) is 6.16. The van der Waals surface area contributed by atoms with Gasteiger partial charge >= 0.3 is 0 Å². The average Bonchev–Trinajstić information content (AvgIpc) is 2.89. The summed E-state index contributed by atoms with van der Waals surface area (Å²) in [6.07, 6.45) is 0. The highest BCUT2D eigenvalue weighted by atomic mass is 32.1. The Morgan fingerprint density at radius 3 is 2.55 bits per heavy atom. The Morgan fingerprint density at radius 2 is 1.95 bits per heavy atom. The van der Waals surface area contributed by atoms with Crippen LogP contribution in [0, 0.1) is 0 Å². The average molecular weight is 290 g/mol. The molecular weight excluding hydrogens is 272 g/mol. The molecule has 0 bridgehead atoms. The lowest BCUT2D eigenvalue weighted by molar-refractivity contribution is -0.117. The van der Waals surface area contributed by atoms with E-state index in [2.05, 4.69) is 41.5 Å². The number of nitrogens with zero attached hydrogens (tertiary/aromatic N) is 2. The quantitative estimate of drug-likeness (QED) is 0.904. The lowest BCUT2D eigenvalue weighted by Crippen LogP contribution is -2.32. The normalized spacial score (nSPS) is 13.0. The van der Waals surface area contributed by atoms with Crippen LogP contribution < -0.4 is 11.1 Å². The molecule has 0 fully saturated rings. The molecule has 0 radical (unpaired) electrons. The van der Waals surface area contributed by atoms with Crippen LogP contribution in [0.25, 0.3) is 0 Å². The summed E-state index contributed by atoms with van der Waals surface area (Å²) in [7, 11) is 0. The number of anilines is 1. The van der Waals surface area contributed by atoms with E-state index in [1.807, 2.05) is 18.2 Å². The Hall–Kier alpha value is -1.79. The zero-order chi connectivity index (χ0) is 14.8. The minimum absolute atomic E-state index is 0.254. The van der Waals surface area contributed by atoms with Gasteiger partial charge in [0.05, 0.1) is 6.04 Å². The van der Waals surface area contributed by atoms with E-state index in [0.717, 1.165) is 10.6 Å². The van der Waals surface area contributed by atoms with Crippen molar-refractivity contribution in [2.75, 3.05) is 5.32 Å². The van der Waals surface area contributed by atoms with Gasteiger partial charge in [0, 0.05) is 5.41 Å². The molecule has 0 saturated heterocycles. The van der Waals surface area contributed by atoms with Crippen LogP contribution in [0.5, 0.6) is 0 Å². The first kappa shape index (κ1) is 14.6. The third-order valence-corrected chi connectivity index (χ3v) is 4.26. The first-order valence-corrected chi connectivity index (χ1v) is 7.19. The van der Waals surface area contributed by atoms with E-state index in [4.69, 9.17) is 5.73 Å². The molecular formula is C14H18N4OS. The number of aromatic nitrogens is 2. The molecule has 0 aliphatic heterocycles. The van der Waals surface area contributed by atoms with Gasteiger partial charge in [-0.1, -0.05) is 41.7 Å². The summed E-state index contributed by atoms with van der Waals surface area (Å²) in [5.74, 6) is -0.259. The number of nitrogens with one attached hydrogen (secondary N) is 1. The van der Waals surface area contributed by atoms with Crippen LogP contribution in [0.3, 0.4) is 0 Å². The first-order chi connectivity index (χ1) is 9.41. The van der Waals surface area contributed by atoms with Crippen LogP contribution in [0.1, 0.15) is 31.3 Å². The van der Waals surface area contributed by atoms with Crippen LogP contribution in [-0.2, 0) is 10.2 Å². The summed E-state index contributed by atoms with van der Waals surface area (Å²) >= 11 is 1.37. The fraction of sp³-hybridized carbons (Fsp3) is 0.357. The van der Waals surface area contributed by atoms with Crippen molar-refractivity contribution >= 4 is 22.4 Å². The van der Waals surface area contributed by atoms with Crippen molar-refractivity contribution in [1.82, 2.24) is 10.2 Å². The van der Waals surface area contributed by atoms with Gasteiger partial charge in [0.25, 0.3) is 0 Å². The van der Waals surface area contributed by atoms with Crippen molar-refractivity contribution in [2.24, 2.45) is 5.73 Å². The molecule has 0 saturated carbocycles. The molecule has 1 heterocycles. The van der Waals surface area contributed by atoms with E-state index in [1.165, 1.54) is 11.3 Å². The number of hydrogen-bond acceptors (Lipinski definition) is 5. The van der Waals surface area contributed by atoms with Gasteiger partial charge in [-0.2, -0.15) is 0 Å². The molecule has 1 aromatic carbocycles. The van der Waals surface area contributed by atoms with Gasteiger partial charge in [0.1, 0.15) is 5.01 Å². The monoisotopic (exact) mass is 290 g/mol. The predicted molar refractivity (Wildman–Crippen MR) is 80.8 cm³/mol. The molecule has 2 aromatic rings. The van der Waals surface area contributed by atoms with Gasteiger partial charge in [0.15, 0.2) is 0 Å². The Labute approximate surface area is 122 Å². The summed E-state index contributed by atoms with van der Waals surface area (Å²) < 4.78 is 0. The fourth-order valence-electron chi connectivity index (χ4n) is 1.72. The van der Waals surface area contributed by atoms with Gasteiger partial charge in [0.2, 0.25) is 11.0 Å². The van der Waals surface area contributed by atoms with Crippen LogP contribution in [0.2, 0.25) is 0 Å². The minimum Gasteiger partial charge on any atom is -0.320 e. The van der Waals surface area contributed by atoms with Gasteiger partial charge in [-0.05, 0) is 26.3 Å². The topological polar surface area (TPSA) is 80.9 Å². The summed E-state index contributed by atoms with van der Waals surface area (Å²) in [5, 5.41) is 12.2. The molecule has 20 heavy (non-hydrogen) atoms. The minimum atomic E-state index is -0.565. The molecule has 0 unspecified atom stereocenters. The zero-order valence-corrected chi connectivity index (χ0v) is 12.6.